The monoisotopic (exact) mass is 780 g/mol. The Labute approximate surface area is 331 Å². The molecule has 1 N–H and O–H groups in total. The number of phenolic OH excluding ortho intramolecular Hbond substituents is 1. The van der Waals surface area contributed by atoms with Crippen LogP contribution in [0.25, 0.3) is 11.3 Å². The fraction of sp³-hybridized carbons (Fsp3) is 0.302. The van der Waals surface area contributed by atoms with Crippen molar-refractivity contribution < 1.29 is 28.9 Å². The van der Waals surface area contributed by atoms with E-state index in [4.69, 9.17) is 25.8 Å². The Hall–Kier alpha value is -5.00. The van der Waals surface area contributed by atoms with Gasteiger partial charge >= 0.3 is 0 Å². The molecule has 1 aromatic heterocycles. The van der Waals surface area contributed by atoms with Crippen molar-refractivity contribution in [3.8, 4) is 28.5 Å². The number of benzene rings is 4. The number of anilines is 2. The third-order valence-electron chi connectivity index (χ3n) is 11.1. The van der Waals surface area contributed by atoms with Crippen LogP contribution < -0.4 is 14.4 Å². The average molecular weight is 782 g/mol. The fourth-order valence-electron chi connectivity index (χ4n) is 8.34. The normalized spacial score (nSPS) is 17.5. The number of fused-ring (bicyclic) bond motifs is 3. The highest BCUT2D eigenvalue weighted by molar-refractivity contribution is 6.30. The van der Waals surface area contributed by atoms with Crippen LogP contribution in [-0.4, -0.2) is 77.0 Å². The van der Waals surface area contributed by atoms with E-state index in [0.717, 1.165) is 55.8 Å². The Balaban J connectivity index is 0.00000427. The molecule has 0 aliphatic carbocycles. The lowest BCUT2D eigenvalue weighted by atomic mass is 9.92. The molecular formula is C43H42Cl2N4O6. The van der Waals surface area contributed by atoms with Gasteiger partial charge in [-0.3, -0.25) is 19.4 Å². The molecule has 10 nitrogen and oxygen atoms in total. The van der Waals surface area contributed by atoms with Crippen molar-refractivity contribution in [3.63, 3.8) is 0 Å². The number of halogens is 2. The predicted octanol–water partition coefficient (Wildman–Crippen LogP) is 7.88. The molecule has 4 aliphatic rings. The van der Waals surface area contributed by atoms with Crippen LogP contribution in [0.1, 0.15) is 50.4 Å². The van der Waals surface area contributed by atoms with Crippen LogP contribution in [-0.2, 0) is 30.7 Å². The van der Waals surface area contributed by atoms with Crippen molar-refractivity contribution in [2.45, 2.75) is 44.8 Å². The fourth-order valence-corrected chi connectivity index (χ4v) is 8.46. The molecule has 1 atom stereocenters. The van der Waals surface area contributed by atoms with Gasteiger partial charge in [-0.15, -0.1) is 12.4 Å². The zero-order valence-electron chi connectivity index (χ0n) is 30.3. The van der Waals surface area contributed by atoms with Crippen molar-refractivity contribution >= 4 is 47.2 Å². The van der Waals surface area contributed by atoms with Crippen LogP contribution in [0.4, 0.5) is 11.4 Å². The van der Waals surface area contributed by atoms with Gasteiger partial charge in [-0.05, 0) is 104 Å². The van der Waals surface area contributed by atoms with E-state index < -0.39 is 0 Å². The minimum atomic E-state index is -0.216. The molecule has 2 amide bonds. The van der Waals surface area contributed by atoms with Gasteiger partial charge in [-0.2, -0.15) is 0 Å². The quantitative estimate of drug-likeness (QED) is 0.180. The lowest BCUT2D eigenvalue weighted by Crippen LogP contribution is -2.52. The molecule has 4 aliphatic heterocycles. The van der Waals surface area contributed by atoms with Crippen molar-refractivity contribution in [1.82, 2.24) is 14.4 Å². The summed E-state index contributed by atoms with van der Waals surface area (Å²) < 4.78 is 19.6. The van der Waals surface area contributed by atoms with Crippen molar-refractivity contribution in [2.24, 2.45) is 0 Å². The smallest absolute Gasteiger partial charge is 0.264 e. The summed E-state index contributed by atoms with van der Waals surface area (Å²) in [6.45, 7) is 5.06. The molecule has 55 heavy (non-hydrogen) atoms. The first-order chi connectivity index (χ1) is 26.4. The van der Waals surface area contributed by atoms with Crippen LogP contribution in [0.2, 0.25) is 5.02 Å². The number of amides is 2. The zero-order chi connectivity index (χ0) is 36.8. The van der Waals surface area contributed by atoms with Crippen LogP contribution in [0.3, 0.4) is 0 Å². The Morgan fingerprint density at radius 1 is 0.818 bits per heavy atom. The molecule has 12 heteroatoms. The van der Waals surface area contributed by atoms with Crippen molar-refractivity contribution in [3.05, 3.63) is 124 Å². The van der Waals surface area contributed by atoms with Crippen LogP contribution in [0, 0.1) is 0 Å². The van der Waals surface area contributed by atoms with Gasteiger partial charge in [0.2, 0.25) is 6.79 Å². The summed E-state index contributed by atoms with van der Waals surface area (Å²) in [5.74, 6) is 0.915. The number of hydrogen-bond acceptors (Lipinski definition) is 7. The molecule has 0 bridgehead atoms. The van der Waals surface area contributed by atoms with E-state index in [2.05, 4.69) is 27.7 Å². The molecular weight excluding hydrogens is 739 g/mol. The molecule has 0 spiro atoms. The summed E-state index contributed by atoms with van der Waals surface area (Å²) in [5.41, 5.74) is 7.16. The summed E-state index contributed by atoms with van der Waals surface area (Å²) in [5, 5.41) is 10.6. The number of carbonyl (C=O) groups excluding carboxylic acids is 2. The second-order valence-electron chi connectivity index (χ2n) is 14.4. The van der Waals surface area contributed by atoms with Gasteiger partial charge in [0.1, 0.15) is 5.75 Å². The topological polar surface area (TPSA) is 96.7 Å². The molecule has 1 saturated heterocycles. The molecule has 5 aromatic rings. The molecule has 9 rings (SSSR count). The molecule has 5 heterocycles. The first kappa shape index (κ1) is 36.9. The van der Waals surface area contributed by atoms with Crippen LogP contribution in [0.15, 0.2) is 91.0 Å². The van der Waals surface area contributed by atoms with E-state index >= 15 is 4.79 Å². The van der Waals surface area contributed by atoms with Gasteiger partial charge in [0.25, 0.3) is 11.8 Å². The van der Waals surface area contributed by atoms with E-state index in [1.54, 1.807) is 41.3 Å². The number of aromatic hydroxyl groups is 1. The minimum Gasteiger partial charge on any atom is -0.508 e. The Morgan fingerprint density at radius 3 is 2.25 bits per heavy atom. The lowest BCUT2D eigenvalue weighted by molar-refractivity contribution is 0.0193. The van der Waals surface area contributed by atoms with E-state index in [-0.39, 0.29) is 42.8 Å². The predicted molar refractivity (Wildman–Crippen MR) is 213 cm³/mol. The molecule has 0 radical (unpaired) electrons. The van der Waals surface area contributed by atoms with Gasteiger partial charge in [-0.25, -0.2) is 0 Å². The number of phenols is 1. The Morgan fingerprint density at radius 2 is 1.51 bits per heavy atom. The third kappa shape index (κ3) is 7.15. The molecule has 284 valence electrons. The number of ether oxygens (including phenoxy) is 3. The Kier molecular flexibility index (Phi) is 10.5. The number of nitrogens with zero attached hydrogens (tertiary/aromatic N) is 4. The minimum absolute atomic E-state index is 0. The first-order valence-corrected chi connectivity index (χ1v) is 19.0. The Bertz CT molecular complexity index is 2170. The zero-order valence-corrected chi connectivity index (χ0v) is 31.9. The summed E-state index contributed by atoms with van der Waals surface area (Å²) in [6, 6.07) is 27.8. The van der Waals surface area contributed by atoms with E-state index in [1.807, 2.05) is 41.3 Å². The van der Waals surface area contributed by atoms with Crippen LogP contribution in [0.5, 0.6) is 17.2 Å². The highest BCUT2D eigenvalue weighted by Crippen LogP contribution is 2.43. The number of rotatable bonds is 7. The van der Waals surface area contributed by atoms with E-state index in [1.165, 1.54) is 5.56 Å². The second-order valence-corrected chi connectivity index (χ2v) is 14.8. The van der Waals surface area contributed by atoms with Crippen molar-refractivity contribution in [2.75, 3.05) is 44.5 Å². The summed E-state index contributed by atoms with van der Waals surface area (Å²) in [4.78, 5) is 36.2. The average Bonchev–Trinajstić information content (AvgIpc) is 3.83. The maximum absolute atomic E-state index is 15.2. The number of aromatic nitrogens is 1. The van der Waals surface area contributed by atoms with Gasteiger partial charge in [0, 0.05) is 72.1 Å². The lowest BCUT2D eigenvalue weighted by Gasteiger charge is -2.40. The summed E-state index contributed by atoms with van der Waals surface area (Å²) in [7, 11) is 0. The SMILES string of the molecule is Cl.O=C(c1cc(-c2cc3c(cc2C(=O)N2Cc4ccccc4C[C@H]2CN2CCOCC2)OCO3)n2c1CCCC2)N(c1ccc(O)cc1)c1ccc(Cl)cc1. The highest BCUT2D eigenvalue weighted by atomic mass is 35.5. The highest BCUT2D eigenvalue weighted by Gasteiger charge is 2.36. The molecule has 4 aromatic carbocycles. The summed E-state index contributed by atoms with van der Waals surface area (Å²) >= 11 is 6.27. The standard InChI is InChI=1S/C43H41ClN4O6.ClH/c44-30-8-10-31(11-9-30)48(32-12-14-34(49)15-13-32)43(51)37-22-39(46-16-4-3-7-38(37)46)35-23-40-41(54-27-53-40)24-36(35)42(50)47-25-29-6-2-1-5-28(29)21-33(47)26-45-17-19-52-20-18-45;/h1-2,5-6,8-15,22-24,33,49H,3-4,7,16-21,25-27H2;1H/t33-;/m0./s1. The van der Waals surface area contributed by atoms with Crippen molar-refractivity contribution in [1.29, 1.82) is 0 Å². The van der Waals surface area contributed by atoms with E-state index in [9.17, 15) is 9.90 Å². The first-order valence-electron chi connectivity index (χ1n) is 18.6. The third-order valence-corrected chi connectivity index (χ3v) is 11.3. The van der Waals surface area contributed by atoms with E-state index in [0.29, 0.717) is 77.3 Å². The number of carbonyl (C=O) groups is 2. The number of hydrogen-bond donors (Lipinski definition) is 1. The molecule has 1 fully saturated rings. The van der Waals surface area contributed by atoms with Gasteiger partial charge in [-0.1, -0.05) is 35.9 Å². The maximum atomic E-state index is 15.2. The van der Waals surface area contributed by atoms with Gasteiger partial charge < -0.3 is 28.8 Å². The molecule has 0 unspecified atom stereocenters. The van der Waals surface area contributed by atoms with Crippen LogP contribution >= 0.6 is 24.0 Å². The second kappa shape index (κ2) is 15.6. The van der Waals surface area contributed by atoms with Gasteiger partial charge in [0.05, 0.1) is 24.3 Å². The van der Waals surface area contributed by atoms with Gasteiger partial charge in [0.15, 0.2) is 11.5 Å². The largest absolute Gasteiger partial charge is 0.508 e. The number of morpholine rings is 1. The maximum Gasteiger partial charge on any atom is 0.264 e. The summed E-state index contributed by atoms with van der Waals surface area (Å²) in [6.07, 6.45) is 3.35. The molecule has 0 saturated carbocycles.